The maximum atomic E-state index is 13.5. The van der Waals surface area contributed by atoms with E-state index in [-0.39, 0.29) is 29.0 Å². The fourth-order valence-electron chi connectivity index (χ4n) is 1.22. The van der Waals surface area contributed by atoms with Crippen LogP contribution in [-0.2, 0) is 0 Å². The molecular formula is C9H8FN5O. The van der Waals surface area contributed by atoms with Crippen LogP contribution in [0.1, 0.15) is 0 Å². The Morgan fingerprint density at radius 1 is 1.06 bits per heavy atom. The van der Waals surface area contributed by atoms with Gasteiger partial charge in [-0.1, -0.05) is 0 Å². The average molecular weight is 221 g/mol. The molecule has 0 radical (unpaired) electrons. The summed E-state index contributed by atoms with van der Waals surface area (Å²) in [6.45, 7) is 0. The Bertz CT molecular complexity index is 525. The number of hydrogen-bond donors (Lipinski definition) is 3. The van der Waals surface area contributed by atoms with E-state index >= 15 is 0 Å². The molecule has 1 heterocycles. The molecule has 2 rings (SSSR count). The van der Waals surface area contributed by atoms with Crippen LogP contribution in [0.25, 0.3) is 11.4 Å². The van der Waals surface area contributed by atoms with E-state index in [0.29, 0.717) is 0 Å². The van der Waals surface area contributed by atoms with Gasteiger partial charge < -0.3 is 16.6 Å². The molecule has 0 aliphatic rings. The molecule has 0 saturated carbocycles. The second kappa shape index (κ2) is 3.61. The molecule has 0 fully saturated rings. The number of nitrogen functional groups attached to an aromatic ring is 2. The zero-order valence-corrected chi connectivity index (χ0v) is 8.05. The molecule has 5 N–H and O–H groups in total. The third-order valence-corrected chi connectivity index (χ3v) is 1.86. The zero-order valence-electron chi connectivity index (χ0n) is 8.05. The molecule has 0 bridgehead atoms. The summed E-state index contributed by atoms with van der Waals surface area (Å²) in [5.41, 5.74) is 10.8. The number of nitrogens with zero attached hydrogens (tertiary/aromatic N) is 3. The normalized spacial score (nSPS) is 10.3. The SMILES string of the molecule is Nc1nc(N)nc(-c2ccc(O)cc2F)n1. The Kier molecular flexibility index (Phi) is 2.28. The van der Waals surface area contributed by atoms with Crippen LogP contribution in [0.4, 0.5) is 16.3 Å². The van der Waals surface area contributed by atoms with Crippen LogP contribution in [0.15, 0.2) is 18.2 Å². The van der Waals surface area contributed by atoms with Gasteiger partial charge in [-0.15, -0.1) is 0 Å². The van der Waals surface area contributed by atoms with Crippen molar-refractivity contribution < 1.29 is 9.50 Å². The molecule has 7 heteroatoms. The number of anilines is 2. The standard InChI is InChI=1S/C9H8FN5O/c10-6-3-4(16)1-2-5(6)7-13-8(11)15-9(12)14-7/h1-3,16H,(H4,11,12,13,14,15). The summed E-state index contributed by atoms with van der Waals surface area (Å²) < 4.78 is 13.5. The van der Waals surface area contributed by atoms with Gasteiger partial charge in [0.15, 0.2) is 5.82 Å². The van der Waals surface area contributed by atoms with Gasteiger partial charge in [-0.2, -0.15) is 15.0 Å². The van der Waals surface area contributed by atoms with Gasteiger partial charge in [0.05, 0.1) is 5.56 Å². The van der Waals surface area contributed by atoms with Gasteiger partial charge in [-0.3, -0.25) is 0 Å². The van der Waals surface area contributed by atoms with Crippen molar-refractivity contribution in [2.24, 2.45) is 0 Å². The Labute approximate surface area is 89.8 Å². The summed E-state index contributed by atoms with van der Waals surface area (Å²) >= 11 is 0. The highest BCUT2D eigenvalue weighted by Crippen LogP contribution is 2.23. The molecule has 82 valence electrons. The molecule has 0 atom stereocenters. The molecule has 6 nitrogen and oxygen atoms in total. The minimum absolute atomic E-state index is 0.0301. The number of aromatic hydroxyl groups is 1. The maximum absolute atomic E-state index is 13.5. The van der Waals surface area contributed by atoms with Crippen LogP contribution < -0.4 is 11.5 Å². The fraction of sp³-hybridized carbons (Fsp3) is 0. The predicted molar refractivity (Wildman–Crippen MR) is 55.7 cm³/mol. The highest BCUT2D eigenvalue weighted by molar-refractivity contribution is 5.59. The molecule has 0 spiro atoms. The number of rotatable bonds is 1. The van der Waals surface area contributed by atoms with Gasteiger partial charge in [0.25, 0.3) is 0 Å². The van der Waals surface area contributed by atoms with Crippen LogP contribution in [0.3, 0.4) is 0 Å². The van der Waals surface area contributed by atoms with Crippen molar-refractivity contribution in [2.75, 3.05) is 11.5 Å². The van der Waals surface area contributed by atoms with Crippen molar-refractivity contribution in [3.63, 3.8) is 0 Å². The predicted octanol–water partition coefficient (Wildman–Crippen LogP) is 0.548. The monoisotopic (exact) mass is 221 g/mol. The molecule has 1 aromatic heterocycles. The molecule has 0 aliphatic carbocycles. The molecule has 2 aromatic rings. The first kappa shape index (κ1) is 10.1. The number of aromatic nitrogens is 3. The minimum atomic E-state index is -0.662. The van der Waals surface area contributed by atoms with Crippen molar-refractivity contribution in [3.05, 3.63) is 24.0 Å². The summed E-state index contributed by atoms with van der Waals surface area (Å²) in [6.07, 6.45) is 0. The summed E-state index contributed by atoms with van der Waals surface area (Å²) in [7, 11) is 0. The number of hydrogen-bond acceptors (Lipinski definition) is 6. The summed E-state index contributed by atoms with van der Waals surface area (Å²) in [6, 6.07) is 3.60. The second-order valence-corrected chi connectivity index (χ2v) is 3.04. The minimum Gasteiger partial charge on any atom is -0.508 e. The zero-order chi connectivity index (χ0) is 11.7. The first-order valence-corrected chi connectivity index (χ1v) is 4.32. The Morgan fingerprint density at radius 3 is 2.25 bits per heavy atom. The van der Waals surface area contributed by atoms with Gasteiger partial charge in [-0.25, -0.2) is 4.39 Å². The van der Waals surface area contributed by atoms with Crippen LogP contribution >= 0.6 is 0 Å². The van der Waals surface area contributed by atoms with Gasteiger partial charge in [0, 0.05) is 6.07 Å². The lowest BCUT2D eigenvalue weighted by Crippen LogP contribution is -2.04. The Hall–Kier alpha value is -2.44. The number of benzene rings is 1. The number of halogens is 1. The van der Waals surface area contributed by atoms with E-state index in [4.69, 9.17) is 16.6 Å². The van der Waals surface area contributed by atoms with Crippen LogP contribution in [0.5, 0.6) is 5.75 Å². The van der Waals surface area contributed by atoms with E-state index in [0.717, 1.165) is 6.07 Å². The smallest absolute Gasteiger partial charge is 0.225 e. The van der Waals surface area contributed by atoms with Crippen molar-refractivity contribution in [3.8, 4) is 17.1 Å². The van der Waals surface area contributed by atoms with Gasteiger partial charge in [0.2, 0.25) is 11.9 Å². The topological polar surface area (TPSA) is 111 Å². The highest BCUT2D eigenvalue weighted by atomic mass is 19.1. The number of phenolic OH excluding ortho intramolecular Hbond substituents is 1. The Balaban J connectivity index is 2.58. The third kappa shape index (κ3) is 1.83. The van der Waals surface area contributed by atoms with Crippen molar-refractivity contribution in [2.45, 2.75) is 0 Å². The lowest BCUT2D eigenvalue weighted by Gasteiger charge is -2.03. The highest BCUT2D eigenvalue weighted by Gasteiger charge is 2.10. The van der Waals surface area contributed by atoms with E-state index < -0.39 is 5.82 Å². The van der Waals surface area contributed by atoms with Crippen molar-refractivity contribution >= 4 is 11.9 Å². The molecule has 0 aliphatic heterocycles. The van der Waals surface area contributed by atoms with E-state index in [1.807, 2.05) is 0 Å². The van der Waals surface area contributed by atoms with Gasteiger partial charge >= 0.3 is 0 Å². The van der Waals surface area contributed by atoms with Gasteiger partial charge in [0.1, 0.15) is 11.6 Å². The second-order valence-electron chi connectivity index (χ2n) is 3.04. The molecule has 0 unspecified atom stereocenters. The number of phenols is 1. The maximum Gasteiger partial charge on any atom is 0.225 e. The lowest BCUT2D eigenvalue weighted by molar-refractivity contribution is 0.469. The van der Waals surface area contributed by atoms with E-state index in [1.165, 1.54) is 12.1 Å². The first-order valence-electron chi connectivity index (χ1n) is 4.32. The largest absolute Gasteiger partial charge is 0.508 e. The molecule has 0 amide bonds. The van der Waals surface area contributed by atoms with E-state index in [9.17, 15) is 4.39 Å². The fourth-order valence-corrected chi connectivity index (χ4v) is 1.22. The van der Waals surface area contributed by atoms with Crippen LogP contribution in [0.2, 0.25) is 0 Å². The third-order valence-electron chi connectivity index (χ3n) is 1.86. The molecule has 16 heavy (non-hydrogen) atoms. The molecule has 0 saturated heterocycles. The van der Waals surface area contributed by atoms with Crippen LogP contribution in [0, 0.1) is 5.82 Å². The average Bonchev–Trinajstić information content (AvgIpc) is 2.15. The quantitative estimate of drug-likeness (QED) is 0.648. The summed E-state index contributed by atoms with van der Waals surface area (Å²) in [5, 5.41) is 9.05. The Morgan fingerprint density at radius 2 is 1.69 bits per heavy atom. The van der Waals surface area contributed by atoms with Crippen molar-refractivity contribution in [1.29, 1.82) is 0 Å². The van der Waals surface area contributed by atoms with Crippen LogP contribution in [-0.4, -0.2) is 20.1 Å². The summed E-state index contributed by atoms with van der Waals surface area (Å²) in [5.74, 6) is -0.992. The lowest BCUT2D eigenvalue weighted by atomic mass is 10.2. The molecule has 1 aromatic carbocycles. The van der Waals surface area contributed by atoms with Crippen molar-refractivity contribution in [1.82, 2.24) is 15.0 Å². The summed E-state index contributed by atoms with van der Waals surface area (Å²) in [4.78, 5) is 11.1. The van der Waals surface area contributed by atoms with E-state index in [2.05, 4.69) is 15.0 Å². The molecular weight excluding hydrogens is 213 g/mol. The van der Waals surface area contributed by atoms with Gasteiger partial charge in [-0.05, 0) is 12.1 Å². The number of nitrogens with two attached hydrogens (primary N) is 2. The first-order chi connectivity index (χ1) is 7.56. The van der Waals surface area contributed by atoms with E-state index in [1.54, 1.807) is 0 Å².